The molecule has 0 bridgehead atoms. The molecule has 0 aromatic carbocycles. The van der Waals surface area contributed by atoms with Crippen LogP contribution in [0.3, 0.4) is 0 Å². The number of hydrogen-bond donors (Lipinski definition) is 2. The van der Waals surface area contributed by atoms with E-state index < -0.39 is 5.54 Å². The van der Waals surface area contributed by atoms with Crippen LogP contribution >= 0.6 is 0 Å². The summed E-state index contributed by atoms with van der Waals surface area (Å²) in [6, 6.07) is 0. The van der Waals surface area contributed by atoms with Crippen molar-refractivity contribution < 1.29 is 9.53 Å². The van der Waals surface area contributed by atoms with Gasteiger partial charge in [-0.2, -0.15) is 0 Å². The summed E-state index contributed by atoms with van der Waals surface area (Å²) in [5.41, 5.74) is 4.82. The Morgan fingerprint density at radius 2 is 2.09 bits per heavy atom. The summed E-state index contributed by atoms with van der Waals surface area (Å²) in [4.78, 5) is 11.1. The molecule has 2 N–H and O–H groups in total. The zero-order valence-electron chi connectivity index (χ0n) is 7.52. The highest BCUT2D eigenvalue weighted by Crippen LogP contribution is 2.02. The van der Waals surface area contributed by atoms with E-state index in [-0.39, 0.29) is 5.97 Å². The minimum atomic E-state index is -0.662. The maximum absolute atomic E-state index is 11.1. The van der Waals surface area contributed by atoms with Crippen molar-refractivity contribution in [1.82, 2.24) is 10.9 Å². The molecule has 0 spiro atoms. The quantitative estimate of drug-likeness (QED) is 0.451. The van der Waals surface area contributed by atoms with Gasteiger partial charge >= 0.3 is 5.97 Å². The van der Waals surface area contributed by atoms with Gasteiger partial charge < -0.3 is 4.74 Å². The van der Waals surface area contributed by atoms with E-state index in [0.717, 1.165) is 0 Å². The predicted molar refractivity (Wildman–Crippen MR) is 42.9 cm³/mol. The molecule has 0 amide bonds. The zero-order valence-corrected chi connectivity index (χ0v) is 7.52. The Hall–Kier alpha value is -0.610. The molecule has 0 fully saturated rings. The lowest BCUT2D eigenvalue weighted by Gasteiger charge is -2.22. The van der Waals surface area contributed by atoms with Crippen molar-refractivity contribution in [2.24, 2.45) is 0 Å². The number of nitrogens with one attached hydrogen (secondary N) is 2. The summed E-state index contributed by atoms with van der Waals surface area (Å²) in [6.07, 6.45) is 0. The number of carbonyl (C=O) groups is 1. The zero-order chi connectivity index (χ0) is 8.91. The van der Waals surface area contributed by atoms with Gasteiger partial charge in [0.25, 0.3) is 0 Å². The summed E-state index contributed by atoms with van der Waals surface area (Å²) >= 11 is 0. The smallest absolute Gasteiger partial charge is 0.327 e. The summed E-state index contributed by atoms with van der Waals surface area (Å²) in [5, 5.41) is 0. The van der Waals surface area contributed by atoms with Gasteiger partial charge in [-0.1, -0.05) is 0 Å². The average Bonchev–Trinajstić information content (AvgIpc) is 1.88. The van der Waals surface area contributed by atoms with E-state index in [2.05, 4.69) is 10.9 Å². The van der Waals surface area contributed by atoms with Crippen LogP contribution in [0.2, 0.25) is 0 Å². The topological polar surface area (TPSA) is 50.4 Å². The van der Waals surface area contributed by atoms with E-state index in [1.165, 1.54) is 0 Å². The third kappa shape index (κ3) is 3.34. The molecule has 0 saturated heterocycles. The molecule has 0 aromatic heterocycles. The Kier molecular flexibility index (Phi) is 4.07. The van der Waals surface area contributed by atoms with Gasteiger partial charge in [-0.05, 0) is 27.8 Å². The van der Waals surface area contributed by atoms with Gasteiger partial charge in [0.05, 0.1) is 6.61 Å². The SMILES string of the molecule is CCOC(=O)C(C)(C)NNC. The molecule has 0 heterocycles. The van der Waals surface area contributed by atoms with Crippen molar-refractivity contribution >= 4 is 5.97 Å². The Bertz CT molecular complexity index is 134. The summed E-state index contributed by atoms with van der Waals surface area (Å²) in [7, 11) is 1.71. The van der Waals surface area contributed by atoms with Crippen molar-refractivity contribution in [2.45, 2.75) is 26.3 Å². The minimum absolute atomic E-state index is 0.255. The van der Waals surface area contributed by atoms with Gasteiger partial charge in [0, 0.05) is 0 Å². The van der Waals surface area contributed by atoms with E-state index in [0.29, 0.717) is 6.61 Å². The molecule has 0 saturated carbocycles. The van der Waals surface area contributed by atoms with Gasteiger partial charge in [-0.3, -0.25) is 10.2 Å². The Morgan fingerprint density at radius 3 is 2.45 bits per heavy atom. The fourth-order valence-electron chi connectivity index (χ4n) is 0.675. The molecule has 66 valence electrons. The van der Waals surface area contributed by atoms with Crippen LogP contribution in [0.4, 0.5) is 0 Å². The van der Waals surface area contributed by atoms with Crippen molar-refractivity contribution in [2.75, 3.05) is 13.7 Å². The molecule has 4 heteroatoms. The number of esters is 1. The second-order valence-corrected chi connectivity index (χ2v) is 2.72. The fraction of sp³-hybridized carbons (Fsp3) is 0.857. The largest absolute Gasteiger partial charge is 0.465 e. The van der Waals surface area contributed by atoms with Gasteiger partial charge in [0.15, 0.2) is 0 Å². The number of carbonyl (C=O) groups excluding carboxylic acids is 1. The lowest BCUT2D eigenvalue weighted by Crippen LogP contribution is -2.52. The van der Waals surface area contributed by atoms with Crippen LogP contribution in [0.25, 0.3) is 0 Å². The number of hydrogen-bond acceptors (Lipinski definition) is 4. The van der Waals surface area contributed by atoms with Gasteiger partial charge in [0.1, 0.15) is 5.54 Å². The lowest BCUT2D eigenvalue weighted by molar-refractivity contribution is -0.150. The third-order valence-corrected chi connectivity index (χ3v) is 1.22. The highest BCUT2D eigenvalue weighted by Gasteiger charge is 2.27. The summed E-state index contributed by atoms with van der Waals surface area (Å²) in [6.45, 7) is 5.70. The second-order valence-electron chi connectivity index (χ2n) is 2.72. The molecule has 0 rings (SSSR count). The second kappa shape index (κ2) is 4.31. The highest BCUT2D eigenvalue weighted by atomic mass is 16.5. The molecule has 0 atom stereocenters. The molecular formula is C7H16N2O2. The Morgan fingerprint density at radius 1 is 1.55 bits per heavy atom. The molecule has 11 heavy (non-hydrogen) atoms. The summed E-state index contributed by atoms with van der Waals surface area (Å²) in [5.74, 6) is -0.255. The first-order valence-electron chi connectivity index (χ1n) is 3.65. The van der Waals surface area contributed by atoms with Crippen molar-refractivity contribution in [3.8, 4) is 0 Å². The normalized spacial score (nSPS) is 11.3. The molecule has 0 radical (unpaired) electrons. The van der Waals surface area contributed by atoms with Crippen molar-refractivity contribution in [3.05, 3.63) is 0 Å². The van der Waals surface area contributed by atoms with Crippen LogP contribution in [0, 0.1) is 0 Å². The minimum Gasteiger partial charge on any atom is -0.465 e. The van der Waals surface area contributed by atoms with Crippen LogP contribution < -0.4 is 10.9 Å². The van der Waals surface area contributed by atoms with E-state index >= 15 is 0 Å². The van der Waals surface area contributed by atoms with E-state index in [1.807, 2.05) is 0 Å². The van der Waals surface area contributed by atoms with E-state index in [9.17, 15) is 4.79 Å². The average molecular weight is 160 g/mol. The van der Waals surface area contributed by atoms with E-state index in [4.69, 9.17) is 4.74 Å². The first-order chi connectivity index (χ1) is 5.04. The van der Waals surface area contributed by atoms with Crippen LogP contribution in [0.15, 0.2) is 0 Å². The molecule has 0 unspecified atom stereocenters. The maximum atomic E-state index is 11.1. The van der Waals surface area contributed by atoms with Crippen LogP contribution in [-0.2, 0) is 9.53 Å². The van der Waals surface area contributed by atoms with Gasteiger partial charge in [-0.25, -0.2) is 5.43 Å². The maximum Gasteiger partial charge on any atom is 0.327 e. The fourth-order valence-corrected chi connectivity index (χ4v) is 0.675. The first kappa shape index (κ1) is 10.4. The molecule has 0 aliphatic heterocycles. The van der Waals surface area contributed by atoms with Gasteiger partial charge in [-0.15, -0.1) is 0 Å². The molecule has 0 aliphatic carbocycles. The molecule has 4 nitrogen and oxygen atoms in total. The molecule has 0 aromatic rings. The number of hydrazine groups is 1. The van der Waals surface area contributed by atoms with E-state index in [1.54, 1.807) is 27.8 Å². The number of ether oxygens (including phenoxy) is 1. The Labute approximate surface area is 67.3 Å². The first-order valence-corrected chi connectivity index (χ1v) is 3.65. The standard InChI is InChI=1S/C7H16N2O2/c1-5-11-6(10)7(2,3)9-8-4/h8-9H,5H2,1-4H3. The Balaban J connectivity index is 3.94. The van der Waals surface area contributed by atoms with Crippen LogP contribution in [0.1, 0.15) is 20.8 Å². The van der Waals surface area contributed by atoms with Crippen molar-refractivity contribution in [3.63, 3.8) is 0 Å². The van der Waals surface area contributed by atoms with Crippen LogP contribution in [-0.4, -0.2) is 25.2 Å². The van der Waals surface area contributed by atoms with Crippen molar-refractivity contribution in [1.29, 1.82) is 0 Å². The highest BCUT2D eigenvalue weighted by molar-refractivity contribution is 5.79. The molecular weight excluding hydrogens is 144 g/mol. The van der Waals surface area contributed by atoms with Crippen LogP contribution in [0.5, 0.6) is 0 Å². The number of rotatable bonds is 4. The van der Waals surface area contributed by atoms with Gasteiger partial charge in [0.2, 0.25) is 0 Å². The monoisotopic (exact) mass is 160 g/mol. The summed E-state index contributed by atoms with van der Waals surface area (Å²) < 4.78 is 4.82. The molecule has 0 aliphatic rings. The third-order valence-electron chi connectivity index (χ3n) is 1.22. The predicted octanol–water partition coefficient (Wildman–Crippen LogP) is 0.0521. The lowest BCUT2D eigenvalue weighted by atomic mass is 10.1.